The fourth-order valence-electron chi connectivity index (χ4n) is 3.45. The highest BCUT2D eigenvalue weighted by Gasteiger charge is 2.27. The van der Waals surface area contributed by atoms with Crippen molar-refractivity contribution in [1.82, 2.24) is 19.7 Å². The number of aliphatic hydroxyl groups is 1. The van der Waals surface area contributed by atoms with Crippen LogP contribution in [0.4, 0.5) is 5.82 Å². The molecule has 0 amide bonds. The molecule has 0 bridgehead atoms. The van der Waals surface area contributed by atoms with Crippen LogP contribution in [0, 0.1) is 0 Å². The third kappa shape index (κ3) is 3.16. The van der Waals surface area contributed by atoms with Crippen molar-refractivity contribution in [3.8, 4) is 0 Å². The number of nitrogens with zero attached hydrogens (tertiary/aromatic N) is 4. The fraction of sp³-hybridized carbons (Fsp3) is 0.688. The molecule has 130 valence electrons. The van der Waals surface area contributed by atoms with Crippen LogP contribution >= 0.6 is 0 Å². The lowest BCUT2D eigenvalue weighted by Gasteiger charge is -2.23. The molecule has 1 saturated carbocycles. The van der Waals surface area contributed by atoms with Gasteiger partial charge in [-0.1, -0.05) is 19.3 Å². The van der Waals surface area contributed by atoms with Crippen LogP contribution in [-0.2, 0) is 4.74 Å². The van der Waals surface area contributed by atoms with E-state index in [1.54, 1.807) is 6.33 Å². The maximum Gasteiger partial charge on any atom is 0.225 e. The van der Waals surface area contributed by atoms with Gasteiger partial charge in [-0.2, -0.15) is 0 Å². The van der Waals surface area contributed by atoms with Crippen molar-refractivity contribution in [1.29, 1.82) is 0 Å². The predicted octanol–water partition coefficient (Wildman–Crippen LogP) is 1.50. The molecule has 2 aromatic rings. The van der Waals surface area contributed by atoms with Gasteiger partial charge in [0.05, 0.1) is 12.7 Å². The molecular weight excluding hydrogens is 310 g/mol. The summed E-state index contributed by atoms with van der Waals surface area (Å²) < 4.78 is 7.14. The first kappa shape index (κ1) is 15.6. The lowest BCUT2D eigenvalue weighted by Crippen LogP contribution is -2.26. The van der Waals surface area contributed by atoms with E-state index in [4.69, 9.17) is 14.7 Å². The zero-order valence-electron chi connectivity index (χ0n) is 13.6. The molecule has 2 aromatic heterocycles. The standard InChI is InChI=1S/C16H23N5O3/c22-8-12-6-7-13(23-12)24-21-10-19-14-15(17-9-18-16(14)21)20-11-4-2-1-3-5-11/h9-13,22H,1-8H2,(H,17,18,20)/t12-,13+/m0/s1. The molecule has 1 saturated heterocycles. The molecule has 3 heterocycles. The Bertz CT molecular complexity index is 685. The molecule has 24 heavy (non-hydrogen) atoms. The zero-order valence-corrected chi connectivity index (χ0v) is 13.6. The van der Waals surface area contributed by atoms with Crippen molar-refractivity contribution in [2.45, 2.75) is 63.4 Å². The number of anilines is 1. The van der Waals surface area contributed by atoms with Gasteiger partial charge in [-0.05, 0) is 19.3 Å². The molecular formula is C16H23N5O3. The molecule has 0 radical (unpaired) electrons. The number of aliphatic hydroxyl groups excluding tert-OH is 1. The van der Waals surface area contributed by atoms with E-state index < -0.39 is 0 Å². The zero-order chi connectivity index (χ0) is 16.4. The Hall–Kier alpha value is -1.93. The van der Waals surface area contributed by atoms with Gasteiger partial charge in [-0.3, -0.25) is 0 Å². The van der Waals surface area contributed by atoms with Gasteiger partial charge >= 0.3 is 0 Å². The van der Waals surface area contributed by atoms with E-state index in [1.807, 2.05) is 0 Å². The number of hydrogen-bond acceptors (Lipinski definition) is 7. The van der Waals surface area contributed by atoms with Gasteiger partial charge in [-0.25, -0.2) is 15.0 Å². The highest BCUT2D eigenvalue weighted by molar-refractivity contribution is 5.82. The van der Waals surface area contributed by atoms with Crippen molar-refractivity contribution in [3.05, 3.63) is 12.7 Å². The first-order chi connectivity index (χ1) is 11.8. The summed E-state index contributed by atoms with van der Waals surface area (Å²) in [5.74, 6) is 0.759. The Morgan fingerprint density at radius 3 is 2.83 bits per heavy atom. The number of imidazole rings is 1. The molecule has 8 heteroatoms. The predicted molar refractivity (Wildman–Crippen MR) is 87.4 cm³/mol. The number of nitrogens with one attached hydrogen (secondary N) is 1. The molecule has 1 aliphatic carbocycles. The molecule has 0 unspecified atom stereocenters. The van der Waals surface area contributed by atoms with Crippen molar-refractivity contribution in [3.63, 3.8) is 0 Å². The molecule has 1 aliphatic heterocycles. The molecule has 2 atom stereocenters. The van der Waals surface area contributed by atoms with Crippen molar-refractivity contribution < 1.29 is 14.7 Å². The molecule has 2 fully saturated rings. The summed E-state index contributed by atoms with van der Waals surface area (Å²) in [6.45, 7) is 0.0160. The van der Waals surface area contributed by atoms with E-state index >= 15 is 0 Å². The summed E-state index contributed by atoms with van der Waals surface area (Å²) in [6.07, 6.45) is 10.3. The van der Waals surface area contributed by atoms with Gasteiger partial charge in [0, 0.05) is 12.5 Å². The minimum absolute atomic E-state index is 0.0160. The molecule has 2 N–H and O–H groups in total. The number of hydrogen-bond donors (Lipinski definition) is 2. The Kier molecular flexibility index (Phi) is 4.48. The molecule has 0 spiro atoms. The van der Waals surface area contributed by atoms with Gasteiger partial charge < -0.3 is 20.0 Å². The van der Waals surface area contributed by atoms with Crippen molar-refractivity contribution in [2.24, 2.45) is 0 Å². The number of rotatable bonds is 5. The summed E-state index contributed by atoms with van der Waals surface area (Å²) in [5.41, 5.74) is 1.33. The van der Waals surface area contributed by atoms with E-state index in [0.717, 1.165) is 18.7 Å². The number of ether oxygens (including phenoxy) is 1. The number of fused-ring (bicyclic) bond motifs is 1. The fourth-order valence-corrected chi connectivity index (χ4v) is 3.45. The van der Waals surface area contributed by atoms with Crippen LogP contribution in [0.3, 0.4) is 0 Å². The maximum atomic E-state index is 9.15. The highest BCUT2D eigenvalue weighted by Crippen LogP contribution is 2.25. The van der Waals surface area contributed by atoms with Gasteiger partial charge in [0.15, 0.2) is 11.3 Å². The van der Waals surface area contributed by atoms with Crippen molar-refractivity contribution >= 4 is 17.0 Å². The Morgan fingerprint density at radius 2 is 2.04 bits per heavy atom. The average Bonchev–Trinajstić information content (AvgIpc) is 3.24. The minimum Gasteiger partial charge on any atom is -0.394 e. The second-order valence-electron chi connectivity index (χ2n) is 6.50. The first-order valence-corrected chi connectivity index (χ1v) is 8.71. The van der Waals surface area contributed by atoms with Crippen LogP contribution in [0.15, 0.2) is 12.7 Å². The van der Waals surface area contributed by atoms with Crippen LogP contribution in [0.25, 0.3) is 11.2 Å². The van der Waals surface area contributed by atoms with E-state index in [0.29, 0.717) is 17.2 Å². The minimum atomic E-state index is -0.385. The summed E-state index contributed by atoms with van der Waals surface area (Å²) in [7, 11) is 0. The van der Waals surface area contributed by atoms with Gasteiger partial charge in [0.2, 0.25) is 11.9 Å². The third-order valence-corrected chi connectivity index (χ3v) is 4.75. The second-order valence-corrected chi connectivity index (χ2v) is 6.50. The van der Waals surface area contributed by atoms with E-state index in [-0.39, 0.29) is 19.0 Å². The van der Waals surface area contributed by atoms with Crippen LogP contribution in [0.5, 0.6) is 0 Å². The summed E-state index contributed by atoms with van der Waals surface area (Å²) >= 11 is 0. The van der Waals surface area contributed by atoms with E-state index in [1.165, 1.54) is 43.2 Å². The van der Waals surface area contributed by atoms with E-state index in [2.05, 4.69) is 20.3 Å². The number of aromatic nitrogens is 4. The average molecular weight is 333 g/mol. The normalized spacial score (nSPS) is 25.2. The topological polar surface area (TPSA) is 94.3 Å². The van der Waals surface area contributed by atoms with Gasteiger partial charge in [-0.15, -0.1) is 4.73 Å². The Morgan fingerprint density at radius 1 is 1.17 bits per heavy atom. The largest absolute Gasteiger partial charge is 0.394 e. The lowest BCUT2D eigenvalue weighted by atomic mass is 9.95. The lowest BCUT2D eigenvalue weighted by molar-refractivity contribution is -0.140. The maximum absolute atomic E-state index is 9.15. The quantitative estimate of drug-likeness (QED) is 0.856. The van der Waals surface area contributed by atoms with Gasteiger partial charge in [0.1, 0.15) is 12.7 Å². The molecule has 4 rings (SSSR count). The third-order valence-electron chi connectivity index (χ3n) is 4.75. The monoisotopic (exact) mass is 333 g/mol. The molecule has 2 aliphatic rings. The Labute approximate surface area is 140 Å². The first-order valence-electron chi connectivity index (χ1n) is 8.71. The van der Waals surface area contributed by atoms with Crippen LogP contribution < -0.4 is 10.2 Å². The highest BCUT2D eigenvalue weighted by atomic mass is 16.8. The van der Waals surface area contributed by atoms with Gasteiger partial charge in [0.25, 0.3) is 0 Å². The van der Waals surface area contributed by atoms with E-state index in [9.17, 15) is 0 Å². The van der Waals surface area contributed by atoms with Crippen LogP contribution in [0.2, 0.25) is 0 Å². The summed E-state index contributed by atoms with van der Waals surface area (Å²) in [5, 5.41) is 12.6. The second kappa shape index (κ2) is 6.90. The SMILES string of the molecule is OC[C@@H]1CC[C@@H](On2cnc3c(NC4CCCCC4)ncnc32)O1. The Balaban J connectivity index is 1.50. The molecule has 8 nitrogen and oxygen atoms in total. The summed E-state index contributed by atoms with van der Waals surface area (Å²) in [4.78, 5) is 18.9. The van der Waals surface area contributed by atoms with Crippen molar-refractivity contribution in [2.75, 3.05) is 11.9 Å². The molecule has 0 aromatic carbocycles. The van der Waals surface area contributed by atoms with Crippen LogP contribution in [0.1, 0.15) is 44.9 Å². The van der Waals surface area contributed by atoms with Crippen LogP contribution in [-0.4, -0.2) is 49.8 Å². The summed E-state index contributed by atoms with van der Waals surface area (Å²) in [6, 6.07) is 0.450. The smallest absolute Gasteiger partial charge is 0.225 e.